The lowest BCUT2D eigenvalue weighted by molar-refractivity contribution is -0.137. The van der Waals surface area contributed by atoms with Crippen LogP contribution in [0.25, 0.3) is 0 Å². The minimum Gasteiger partial charge on any atom is -0.367 e. The molecule has 4 nitrogen and oxygen atoms in total. The van der Waals surface area contributed by atoms with Gasteiger partial charge in [0.05, 0.1) is 13.0 Å². The zero-order valence-corrected chi connectivity index (χ0v) is 10.4. The Morgan fingerprint density at radius 1 is 1.50 bits per heavy atom. The third kappa shape index (κ3) is 2.44. The molecule has 0 radical (unpaired) electrons. The molecule has 2 unspecified atom stereocenters. The Bertz CT molecular complexity index is 421. The number of rotatable bonds is 3. The maximum absolute atomic E-state index is 12.2. The minimum absolute atomic E-state index is 0.152. The maximum Gasteiger partial charge on any atom is 0.168 e. The molecule has 2 saturated heterocycles. The van der Waals surface area contributed by atoms with Crippen molar-refractivity contribution in [1.29, 1.82) is 0 Å². The number of Topliss-reactive ketones (excluding diaryl/α,β-unsaturated/α-hetero) is 1. The number of hydrogen-bond donors (Lipinski definition) is 0. The van der Waals surface area contributed by atoms with Crippen LogP contribution < -0.4 is 0 Å². The topological polar surface area (TPSA) is 42.4 Å². The first-order valence-corrected chi connectivity index (χ1v) is 6.61. The first-order valence-electron chi connectivity index (χ1n) is 6.61. The molecule has 0 saturated carbocycles. The highest BCUT2D eigenvalue weighted by Gasteiger charge is 2.35. The fraction of sp³-hybridized carbons (Fsp3) is 0.571. The number of carbonyl (C=O) groups is 1. The van der Waals surface area contributed by atoms with Crippen LogP contribution in [-0.2, 0) is 16.0 Å². The van der Waals surface area contributed by atoms with Crippen molar-refractivity contribution in [3.8, 4) is 0 Å². The number of carbonyl (C=O) groups excluding carboxylic acids is 1. The van der Waals surface area contributed by atoms with Crippen molar-refractivity contribution in [2.24, 2.45) is 0 Å². The van der Waals surface area contributed by atoms with Crippen LogP contribution in [0.3, 0.4) is 0 Å². The summed E-state index contributed by atoms with van der Waals surface area (Å²) in [5, 5.41) is 0. The molecule has 3 heterocycles. The Labute approximate surface area is 107 Å². The second-order valence-corrected chi connectivity index (χ2v) is 5.08. The van der Waals surface area contributed by atoms with Crippen molar-refractivity contribution in [3.63, 3.8) is 0 Å². The maximum atomic E-state index is 12.2. The summed E-state index contributed by atoms with van der Waals surface area (Å²) < 4.78 is 5.71. The van der Waals surface area contributed by atoms with Crippen molar-refractivity contribution in [3.05, 3.63) is 30.1 Å². The third-order valence-electron chi connectivity index (χ3n) is 3.83. The van der Waals surface area contributed by atoms with Crippen LogP contribution in [-0.4, -0.2) is 47.5 Å². The number of morpholine rings is 1. The lowest BCUT2D eigenvalue weighted by Crippen LogP contribution is -2.49. The van der Waals surface area contributed by atoms with Gasteiger partial charge < -0.3 is 4.74 Å². The van der Waals surface area contributed by atoms with E-state index in [9.17, 15) is 4.79 Å². The Kier molecular flexibility index (Phi) is 3.39. The van der Waals surface area contributed by atoms with Crippen LogP contribution in [0.1, 0.15) is 18.5 Å². The molecule has 0 bridgehead atoms. The Morgan fingerprint density at radius 2 is 2.44 bits per heavy atom. The summed E-state index contributed by atoms with van der Waals surface area (Å²) in [5.74, 6) is 0.152. The lowest BCUT2D eigenvalue weighted by Gasteiger charge is -2.34. The number of ketones is 1. The van der Waals surface area contributed by atoms with Crippen molar-refractivity contribution >= 4 is 5.78 Å². The van der Waals surface area contributed by atoms with Gasteiger partial charge in [-0.15, -0.1) is 0 Å². The fourth-order valence-corrected chi connectivity index (χ4v) is 2.81. The fourth-order valence-electron chi connectivity index (χ4n) is 2.81. The Morgan fingerprint density at radius 3 is 3.28 bits per heavy atom. The van der Waals surface area contributed by atoms with E-state index in [-0.39, 0.29) is 11.9 Å². The molecule has 0 amide bonds. The molecule has 0 spiro atoms. The van der Waals surface area contributed by atoms with E-state index in [4.69, 9.17) is 4.74 Å². The highest BCUT2D eigenvalue weighted by atomic mass is 16.5. The summed E-state index contributed by atoms with van der Waals surface area (Å²) in [6.45, 7) is 2.58. The molecule has 2 atom stereocenters. The van der Waals surface area contributed by atoms with Gasteiger partial charge in [-0.25, -0.2) is 0 Å². The van der Waals surface area contributed by atoms with Crippen molar-refractivity contribution in [2.75, 3.05) is 19.7 Å². The molecule has 1 aromatic rings. The average molecular weight is 246 g/mol. The summed E-state index contributed by atoms with van der Waals surface area (Å²) in [7, 11) is 0. The normalized spacial score (nSPS) is 28.0. The van der Waals surface area contributed by atoms with Crippen LogP contribution >= 0.6 is 0 Å². The summed E-state index contributed by atoms with van der Waals surface area (Å²) in [5.41, 5.74) is 0.828. The monoisotopic (exact) mass is 246 g/mol. The second kappa shape index (κ2) is 5.16. The third-order valence-corrected chi connectivity index (χ3v) is 3.83. The van der Waals surface area contributed by atoms with E-state index in [0.717, 1.165) is 18.8 Å². The number of hydrogen-bond acceptors (Lipinski definition) is 4. The van der Waals surface area contributed by atoms with Gasteiger partial charge in [-0.3, -0.25) is 14.7 Å². The van der Waals surface area contributed by atoms with E-state index in [0.29, 0.717) is 19.1 Å². The molecule has 0 aromatic carbocycles. The van der Waals surface area contributed by atoms with Gasteiger partial charge in [0.15, 0.2) is 5.78 Å². The summed E-state index contributed by atoms with van der Waals surface area (Å²) in [6.07, 6.45) is 4.28. The van der Waals surface area contributed by atoms with Crippen LogP contribution in [0.5, 0.6) is 0 Å². The molecule has 18 heavy (non-hydrogen) atoms. The Balaban J connectivity index is 1.60. The molecular weight excluding hydrogens is 228 g/mol. The number of nitrogens with zero attached hydrogens (tertiary/aromatic N) is 2. The van der Waals surface area contributed by atoms with Gasteiger partial charge in [-0.05, 0) is 31.5 Å². The summed E-state index contributed by atoms with van der Waals surface area (Å²) in [6, 6.07) is 6.21. The molecule has 0 aliphatic carbocycles. The highest BCUT2D eigenvalue weighted by Crippen LogP contribution is 2.23. The van der Waals surface area contributed by atoms with Crippen LogP contribution in [0.2, 0.25) is 0 Å². The SMILES string of the molecule is O=C(Cc1ccccn1)C1CN2CCCC2CO1. The van der Waals surface area contributed by atoms with Crippen molar-refractivity contribution in [2.45, 2.75) is 31.4 Å². The molecule has 96 valence electrons. The number of ether oxygens (including phenoxy) is 1. The van der Waals surface area contributed by atoms with E-state index in [1.807, 2.05) is 18.2 Å². The first kappa shape index (κ1) is 11.8. The molecule has 3 rings (SSSR count). The molecule has 4 heteroatoms. The van der Waals surface area contributed by atoms with Gasteiger partial charge in [0.25, 0.3) is 0 Å². The van der Waals surface area contributed by atoms with E-state index in [1.165, 1.54) is 12.8 Å². The minimum atomic E-state index is -0.263. The van der Waals surface area contributed by atoms with Crippen molar-refractivity contribution in [1.82, 2.24) is 9.88 Å². The zero-order valence-electron chi connectivity index (χ0n) is 10.4. The van der Waals surface area contributed by atoms with E-state index < -0.39 is 0 Å². The predicted molar refractivity (Wildman–Crippen MR) is 67.3 cm³/mol. The van der Waals surface area contributed by atoms with Crippen LogP contribution in [0.4, 0.5) is 0 Å². The van der Waals surface area contributed by atoms with E-state index in [1.54, 1.807) is 6.20 Å². The lowest BCUT2D eigenvalue weighted by atomic mass is 10.1. The van der Waals surface area contributed by atoms with Gasteiger partial charge >= 0.3 is 0 Å². The van der Waals surface area contributed by atoms with Gasteiger partial charge in [0.2, 0.25) is 0 Å². The quantitative estimate of drug-likeness (QED) is 0.799. The Hall–Kier alpha value is -1.26. The largest absolute Gasteiger partial charge is 0.367 e. The number of fused-ring (bicyclic) bond motifs is 1. The summed E-state index contributed by atoms with van der Waals surface area (Å²) in [4.78, 5) is 18.7. The highest BCUT2D eigenvalue weighted by molar-refractivity contribution is 5.85. The molecule has 2 aliphatic heterocycles. The molecule has 2 fully saturated rings. The molecule has 2 aliphatic rings. The van der Waals surface area contributed by atoms with Gasteiger partial charge in [0, 0.05) is 24.5 Å². The van der Waals surface area contributed by atoms with E-state index in [2.05, 4.69) is 9.88 Å². The summed E-state index contributed by atoms with van der Waals surface area (Å²) >= 11 is 0. The predicted octanol–water partition coefficient (Wildman–Crippen LogP) is 1.06. The number of aromatic nitrogens is 1. The standard InChI is InChI=1S/C14H18N2O2/c17-13(8-11-4-1-2-6-15-11)14-9-16-7-3-5-12(16)10-18-14/h1-2,4,6,12,14H,3,5,7-10H2. The smallest absolute Gasteiger partial charge is 0.168 e. The average Bonchev–Trinajstić information content (AvgIpc) is 2.87. The van der Waals surface area contributed by atoms with E-state index >= 15 is 0 Å². The van der Waals surface area contributed by atoms with Crippen molar-refractivity contribution < 1.29 is 9.53 Å². The first-order chi connectivity index (χ1) is 8.83. The molecular formula is C14H18N2O2. The van der Waals surface area contributed by atoms with Crippen LogP contribution in [0.15, 0.2) is 24.4 Å². The van der Waals surface area contributed by atoms with Gasteiger partial charge in [0.1, 0.15) is 6.10 Å². The zero-order chi connectivity index (χ0) is 12.4. The molecule has 0 N–H and O–H groups in total. The second-order valence-electron chi connectivity index (χ2n) is 5.08. The number of pyridine rings is 1. The molecule has 1 aromatic heterocycles. The van der Waals surface area contributed by atoms with Crippen LogP contribution in [0, 0.1) is 0 Å². The van der Waals surface area contributed by atoms with Gasteiger partial charge in [-0.1, -0.05) is 6.07 Å². The van der Waals surface area contributed by atoms with Gasteiger partial charge in [-0.2, -0.15) is 0 Å².